The lowest BCUT2D eigenvalue weighted by Crippen LogP contribution is -2.48. The van der Waals surface area contributed by atoms with Crippen LogP contribution < -0.4 is 11.5 Å². The lowest BCUT2D eigenvalue weighted by molar-refractivity contribution is -0.147. The molecule has 1 heterocycles. The number of esters is 1. The molecular formula is C4H8N2O2. The molecule has 0 radical (unpaired) electrons. The molecule has 8 heavy (non-hydrogen) atoms. The molecule has 1 aliphatic heterocycles. The van der Waals surface area contributed by atoms with Crippen molar-refractivity contribution in [1.29, 1.82) is 0 Å². The van der Waals surface area contributed by atoms with Crippen LogP contribution in [-0.4, -0.2) is 11.8 Å². The largest absolute Gasteiger partial charge is 0.431 e. The molecular weight excluding hydrogens is 108 g/mol. The molecule has 0 unspecified atom stereocenters. The Hall–Kier alpha value is -0.610. The van der Waals surface area contributed by atoms with Gasteiger partial charge < -0.3 is 4.74 Å². The van der Waals surface area contributed by atoms with Crippen molar-refractivity contribution in [1.82, 2.24) is 0 Å². The van der Waals surface area contributed by atoms with Crippen LogP contribution in [0.4, 0.5) is 0 Å². The molecule has 4 nitrogen and oxygen atoms in total. The maximum absolute atomic E-state index is 10.3. The Labute approximate surface area is 46.8 Å². The van der Waals surface area contributed by atoms with Crippen molar-refractivity contribution in [2.24, 2.45) is 11.5 Å². The molecule has 4 heteroatoms. The number of carbonyl (C=O) groups is 1. The monoisotopic (exact) mass is 116 g/mol. The van der Waals surface area contributed by atoms with Gasteiger partial charge in [-0.1, -0.05) is 0 Å². The number of nitrogens with two attached hydrogens (primary N) is 2. The lowest BCUT2D eigenvalue weighted by atomic mass is 10.3. The van der Waals surface area contributed by atoms with E-state index in [9.17, 15) is 4.79 Å². The zero-order valence-electron chi connectivity index (χ0n) is 4.39. The summed E-state index contributed by atoms with van der Waals surface area (Å²) in [6.07, 6.45) is 0.763. The number of carbonyl (C=O) groups excluding carboxylic acids is 1. The van der Waals surface area contributed by atoms with Gasteiger partial charge in [-0.3, -0.25) is 16.3 Å². The van der Waals surface area contributed by atoms with Gasteiger partial charge in [0.15, 0.2) is 0 Å². The Bertz CT molecular complexity index is 121. The molecule has 0 atom stereocenters. The number of rotatable bonds is 0. The van der Waals surface area contributed by atoms with Crippen LogP contribution in [0.15, 0.2) is 0 Å². The topological polar surface area (TPSA) is 78.3 Å². The van der Waals surface area contributed by atoms with Crippen LogP contribution in [0, 0.1) is 0 Å². The standard InChI is InChI=1S/C4H8N2O2/c5-4(6)2-1-3(7)8-4/h1-2,5-6H2. The summed E-state index contributed by atoms with van der Waals surface area (Å²) < 4.78 is 4.47. The molecule has 0 saturated carbocycles. The number of cyclic esters (lactones) is 1. The van der Waals surface area contributed by atoms with Crippen molar-refractivity contribution in [3.05, 3.63) is 0 Å². The third-order valence-corrected chi connectivity index (χ3v) is 1.02. The summed E-state index contributed by atoms with van der Waals surface area (Å²) in [6.45, 7) is 0. The van der Waals surface area contributed by atoms with Crippen molar-refractivity contribution in [2.45, 2.75) is 18.7 Å². The first kappa shape index (κ1) is 5.53. The van der Waals surface area contributed by atoms with E-state index in [1.807, 2.05) is 0 Å². The molecule has 0 aromatic carbocycles. The van der Waals surface area contributed by atoms with E-state index in [0.29, 0.717) is 12.8 Å². The summed E-state index contributed by atoms with van der Waals surface area (Å²) in [7, 11) is 0. The fourth-order valence-electron chi connectivity index (χ4n) is 0.611. The number of hydrogen-bond acceptors (Lipinski definition) is 4. The van der Waals surface area contributed by atoms with E-state index in [-0.39, 0.29) is 5.97 Å². The molecule has 4 N–H and O–H groups in total. The van der Waals surface area contributed by atoms with Crippen LogP contribution in [-0.2, 0) is 9.53 Å². The normalized spacial score (nSPS) is 25.5. The summed E-state index contributed by atoms with van der Waals surface area (Å²) in [6, 6.07) is 0. The molecule has 0 amide bonds. The minimum Gasteiger partial charge on any atom is -0.431 e. The van der Waals surface area contributed by atoms with Crippen LogP contribution in [0.2, 0.25) is 0 Å². The first-order chi connectivity index (χ1) is 3.60. The zero-order chi connectivity index (χ0) is 6.20. The van der Waals surface area contributed by atoms with Gasteiger partial charge >= 0.3 is 5.97 Å². The van der Waals surface area contributed by atoms with Crippen LogP contribution >= 0.6 is 0 Å². The van der Waals surface area contributed by atoms with E-state index < -0.39 is 5.85 Å². The smallest absolute Gasteiger partial charge is 0.308 e. The summed E-state index contributed by atoms with van der Waals surface area (Å²) in [4.78, 5) is 10.3. The summed E-state index contributed by atoms with van der Waals surface area (Å²) >= 11 is 0. The van der Waals surface area contributed by atoms with Crippen molar-refractivity contribution in [2.75, 3.05) is 0 Å². The highest BCUT2D eigenvalue weighted by Crippen LogP contribution is 2.14. The van der Waals surface area contributed by atoms with Gasteiger partial charge in [-0.2, -0.15) is 0 Å². The highest BCUT2D eigenvalue weighted by atomic mass is 16.6. The van der Waals surface area contributed by atoms with E-state index >= 15 is 0 Å². The van der Waals surface area contributed by atoms with Gasteiger partial charge in [0.25, 0.3) is 0 Å². The highest BCUT2D eigenvalue weighted by molar-refractivity contribution is 5.71. The Kier molecular flexibility index (Phi) is 0.988. The molecule has 1 rings (SSSR count). The van der Waals surface area contributed by atoms with E-state index in [1.165, 1.54) is 0 Å². The Morgan fingerprint density at radius 3 is 2.38 bits per heavy atom. The molecule has 0 spiro atoms. The molecule has 0 aromatic heterocycles. The third kappa shape index (κ3) is 0.962. The van der Waals surface area contributed by atoms with Gasteiger partial charge in [0.1, 0.15) is 0 Å². The molecule has 46 valence electrons. The average molecular weight is 116 g/mol. The molecule has 1 fully saturated rings. The van der Waals surface area contributed by atoms with Crippen molar-refractivity contribution >= 4 is 5.97 Å². The van der Waals surface area contributed by atoms with Crippen LogP contribution in [0.1, 0.15) is 12.8 Å². The zero-order valence-corrected chi connectivity index (χ0v) is 4.39. The maximum atomic E-state index is 10.3. The van der Waals surface area contributed by atoms with Gasteiger partial charge in [-0.15, -0.1) is 0 Å². The fraction of sp³-hybridized carbons (Fsp3) is 0.750. The minimum absolute atomic E-state index is 0.310. The lowest BCUT2D eigenvalue weighted by Gasteiger charge is -2.13. The fourth-order valence-corrected chi connectivity index (χ4v) is 0.611. The van der Waals surface area contributed by atoms with E-state index in [2.05, 4.69) is 4.74 Å². The van der Waals surface area contributed by atoms with Gasteiger partial charge in [0, 0.05) is 6.42 Å². The second-order valence-electron chi connectivity index (χ2n) is 1.93. The van der Waals surface area contributed by atoms with Crippen molar-refractivity contribution in [3.63, 3.8) is 0 Å². The predicted molar refractivity (Wildman–Crippen MR) is 26.4 cm³/mol. The molecule has 0 aliphatic carbocycles. The molecule has 1 aliphatic rings. The molecule has 0 bridgehead atoms. The van der Waals surface area contributed by atoms with Crippen LogP contribution in [0.5, 0.6) is 0 Å². The third-order valence-electron chi connectivity index (χ3n) is 1.02. The van der Waals surface area contributed by atoms with E-state index in [4.69, 9.17) is 11.5 Å². The molecule has 1 saturated heterocycles. The summed E-state index contributed by atoms with van der Waals surface area (Å²) in [5.41, 5.74) is 10.4. The minimum atomic E-state index is -1.18. The number of ether oxygens (including phenoxy) is 1. The first-order valence-electron chi connectivity index (χ1n) is 2.40. The average Bonchev–Trinajstić information content (AvgIpc) is 1.82. The van der Waals surface area contributed by atoms with Gasteiger partial charge in [0.2, 0.25) is 5.85 Å². The Balaban J connectivity index is 2.56. The van der Waals surface area contributed by atoms with Crippen molar-refractivity contribution in [3.8, 4) is 0 Å². The quantitative estimate of drug-likeness (QED) is 0.311. The van der Waals surface area contributed by atoms with E-state index in [0.717, 1.165) is 0 Å². The van der Waals surface area contributed by atoms with Gasteiger partial charge in [0.05, 0.1) is 6.42 Å². The molecule has 0 aromatic rings. The highest BCUT2D eigenvalue weighted by Gasteiger charge is 2.31. The Morgan fingerprint density at radius 1 is 1.62 bits per heavy atom. The Morgan fingerprint density at radius 2 is 2.25 bits per heavy atom. The van der Waals surface area contributed by atoms with Gasteiger partial charge in [-0.05, 0) is 0 Å². The second kappa shape index (κ2) is 1.43. The van der Waals surface area contributed by atoms with Crippen LogP contribution in [0.25, 0.3) is 0 Å². The van der Waals surface area contributed by atoms with E-state index in [1.54, 1.807) is 0 Å². The SMILES string of the molecule is NC1(N)CCC(=O)O1. The predicted octanol–water partition coefficient (Wildman–Crippen LogP) is -1.11. The first-order valence-corrected chi connectivity index (χ1v) is 2.40. The second-order valence-corrected chi connectivity index (χ2v) is 1.93. The van der Waals surface area contributed by atoms with Crippen LogP contribution in [0.3, 0.4) is 0 Å². The van der Waals surface area contributed by atoms with Crippen molar-refractivity contribution < 1.29 is 9.53 Å². The maximum Gasteiger partial charge on any atom is 0.308 e. The number of hydrogen-bond donors (Lipinski definition) is 2. The summed E-state index contributed by atoms with van der Waals surface area (Å²) in [5.74, 6) is -1.49. The van der Waals surface area contributed by atoms with Gasteiger partial charge in [-0.25, -0.2) is 0 Å². The summed E-state index contributed by atoms with van der Waals surface area (Å²) in [5, 5.41) is 0.